The number of carbonyl (C=O) groups excluding carboxylic acids is 2. The van der Waals surface area contributed by atoms with E-state index >= 15 is 0 Å². The van der Waals surface area contributed by atoms with Crippen molar-refractivity contribution in [2.45, 2.75) is 25.8 Å². The molecule has 2 aromatic carbocycles. The maximum atomic E-state index is 13.1. The van der Waals surface area contributed by atoms with E-state index in [0.717, 1.165) is 24.2 Å². The van der Waals surface area contributed by atoms with Gasteiger partial charge in [0.1, 0.15) is 5.75 Å². The van der Waals surface area contributed by atoms with Gasteiger partial charge in [-0.15, -0.1) is 0 Å². The highest BCUT2D eigenvalue weighted by Gasteiger charge is 2.37. The summed E-state index contributed by atoms with van der Waals surface area (Å²) in [5.41, 5.74) is 1.83. The van der Waals surface area contributed by atoms with Gasteiger partial charge >= 0.3 is 6.03 Å². The van der Waals surface area contributed by atoms with E-state index in [-0.39, 0.29) is 11.8 Å². The van der Waals surface area contributed by atoms with Crippen molar-refractivity contribution in [3.8, 4) is 5.75 Å². The Morgan fingerprint density at radius 1 is 1.11 bits per heavy atom. The minimum atomic E-state index is -0.586. The van der Waals surface area contributed by atoms with Gasteiger partial charge in [0, 0.05) is 11.3 Å². The summed E-state index contributed by atoms with van der Waals surface area (Å²) in [6, 6.07) is 15.7. The maximum Gasteiger partial charge on any atom is 0.319 e. The van der Waals surface area contributed by atoms with Crippen LogP contribution in [0.2, 0.25) is 0 Å². The minimum Gasteiger partial charge on any atom is -0.494 e. The van der Waals surface area contributed by atoms with Crippen LogP contribution in [0, 0.1) is 5.92 Å². The van der Waals surface area contributed by atoms with Gasteiger partial charge in [-0.25, -0.2) is 4.79 Å². The van der Waals surface area contributed by atoms with Crippen molar-refractivity contribution < 1.29 is 14.3 Å². The zero-order valence-corrected chi connectivity index (χ0v) is 15.4. The lowest BCUT2D eigenvalue weighted by atomic mass is 9.83. The lowest BCUT2D eigenvalue weighted by Crippen LogP contribution is -2.50. The van der Waals surface area contributed by atoms with E-state index in [0.29, 0.717) is 17.9 Å². The molecular formula is C22H24N2O3. The number of unbranched alkanes of at least 4 members (excludes halogenated alkanes) is 1. The number of hydrogen-bond donors (Lipinski definition) is 2. The first-order valence-electron chi connectivity index (χ1n) is 9.18. The fourth-order valence-corrected chi connectivity index (χ4v) is 3.16. The smallest absolute Gasteiger partial charge is 0.319 e. The maximum absolute atomic E-state index is 13.1. The SMILES string of the molecule is C=C1NC(=O)N[C@H](c2ccc(OCCCC)cc2)[C@@H]1C(=O)c1ccccc1. The van der Waals surface area contributed by atoms with Crippen LogP contribution < -0.4 is 15.4 Å². The molecule has 0 unspecified atom stereocenters. The average molecular weight is 364 g/mol. The van der Waals surface area contributed by atoms with Crippen molar-refractivity contribution in [2.24, 2.45) is 5.92 Å². The van der Waals surface area contributed by atoms with E-state index in [1.165, 1.54) is 0 Å². The molecule has 2 N–H and O–H groups in total. The molecule has 1 aliphatic rings. The van der Waals surface area contributed by atoms with Crippen LogP contribution in [0.3, 0.4) is 0 Å². The van der Waals surface area contributed by atoms with E-state index < -0.39 is 12.0 Å². The van der Waals surface area contributed by atoms with E-state index in [4.69, 9.17) is 4.74 Å². The summed E-state index contributed by atoms with van der Waals surface area (Å²) in [6.07, 6.45) is 2.07. The van der Waals surface area contributed by atoms with Crippen LogP contribution in [-0.4, -0.2) is 18.4 Å². The molecule has 1 saturated heterocycles. The van der Waals surface area contributed by atoms with Crippen LogP contribution in [0.15, 0.2) is 66.9 Å². The zero-order chi connectivity index (χ0) is 19.2. The second kappa shape index (κ2) is 8.54. The summed E-state index contributed by atoms with van der Waals surface area (Å²) in [5.74, 6) is 0.107. The van der Waals surface area contributed by atoms with Gasteiger partial charge in [0.15, 0.2) is 5.78 Å². The summed E-state index contributed by atoms with van der Waals surface area (Å²) in [6.45, 7) is 6.70. The van der Waals surface area contributed by atoms with Crippen LogP contribution in [0.5, 0.6) is 5.75 Å². The first-order valence-corrected chi connectivity index (χ1v) is 9.18. The first kappa shape index (κ1) is 18.7. The molecule has 2 atom stereocenters. The third-order valence-electron chi connectivity index (χ3n) is 4.62. The summed E-state index contributed by atoms with van der Waals surface area (Å²) < 4.78 is 5.69. The van der Waals surface area contributed by atoms with Crippen molar-refractivity contribution >= 4 is 11.8 Å². The Morgan fingerprint density at radius 3 is 2.48 bits per heavy atom. The number of amides is 2. The molecule has 2 aromatic rings. The predicted octanol–water partition coefficient (Wildman–Crippen LogP) is 4.23. The number of ketones is 1. The van der Waals surface area contributed by atoms with Crippen LogP contribution in [0.25, 0.3) is 0 Å². The summed E-state index contributed by atoms with van der Waals surface area (Å²) in [5, 5.41) is 5.50. The van der Waals surface area contributed by atoms with Gasteiger partial charge in [0.05, 0.1) is 18.6 Å². The van der Waals surface area contributed by atoms with Gasteiger partial charge < -0.3 is 15.4 Å². The fraction of sp³-hybridized carbons (Fsp3) is 0.273. The predicted molar refractivity (Wildman–Crippen MR) is 105 cm³/mol. The molecule has 1 aliphatic heterocycles. The van der Waals surface area contributed by atoms with E-state index in [2.05, 4.69) is 24.1 Å². The zero-order valence-electron chi connectivity index (χ0n) is 15.4. The normalized spacial score (nSPS) is 19.1. The van der Waals surface area contributed by atoms with Crippen molar-refractivity contribution in [1.82, 2.24) is 10.6 Å². The van der Waals surface area contributed by atoms with E-state index in [9.17, 15) is 9.59 Å². The van der Waals surface area contributed by atoms with E-state index in [1.54, 1.807) is 12.1 Å². The topological polar surface area (TPSA) is 67.4 Å². The minimum absolute atomic E-state index is 0.0821. The van der Waals surface area contributed by atoms with Gasteiger partial charge in [-0.1, -0.05) is 62.4 Å². The van der Waals surface area contributed by atoms with Crippen molar-refractivity contribution in [3.05, 3.63) is 78.0 Å². The van der Waals surface area contributed by atoms with Gasteiger partial charge in [-0.2, -0.15) is 0 Å². The number of rotatable bonds is 7. The molecule has 0 spiro atoms. The van der Waals surface area contributed by atoms with Gasteiger partial charge in [-0.3, -0.25) is 4.79 Å². The Bertz CT molecular complexity index is 815. The quantitative estimate of drug-likeness (QED) is 0.571. The molecule has 5 nitrogen and oxygen atoms in total. The third kappa shape index (κ3) is 4.37. The molecule has 0 aliphatic carbocycles. The number of hydrogen-bond acceptors (Lipinski definition) is 3. The second-order valence-corrected chi connectivity index (χ2v) is 6.58. The third-order valence-corrected chi connectivity index (χ3v) is 4.62. The number of Topliss-reactive ketones (excluding diaryl/α,β-unsaturated/α-hetero) is 1. The highest BCUT2D eigenvalue weighted by molar-refractivity contribution is 6.01. The molecular weight excluding hydrogens is 340 g/mol. The highest BCUT2D eigenvalue weighted by atomic mass is 16.5. The number of nitrogens with one attached hydrogen (secondary N) is 2. The molecule has 5 heteroatoms. The molecule has 140 valence electrons. The first-order chi connectivity index (χ1) is 13.1. The van der Waals surface area contributed by atoms with Crippen LogP contribution in [0.4, 0.5) is 4.79 Å². The summed E-state index contributed by atoms with van der Waals surface area (Å²) in [4.78, 5) is 25.0. The van der Waals surface area contributed by atoms with Crippen molar-refractivity contribution in [3.63, 3.8) is 0 Å². The Balaban J connectivity index is 1.84. The molecule has 0 radical (unpaired) electrons. The molecule has 2 amide bonds. The molecule has 0 saturated carbocycles. The Labute approximate surface area is 159 Å². The molecule has 3 rings (SSSR count). The molecule has 0 aromatic heterocycles. The summed E-state index contributed by atoms with van der Waals surface area (Å²) >= 11 is 0. The van der Waals surface area contributed by atoms with E-state index in [1.807, 2.05) is 42.5 Å². The molecule has 1 fully saturated rings. The fourth-order valence-electron chi connectivity index (χ4n) is 3.16. The number of ether oxygens (including phenoxy) is 1. The van der Waals surface area contributed by atoms with Crippen molar-refractivity contribution in [1.29, 1.82) is 0 Å². The molecule has 1 heterocycles. The van der Waals surface area contributed by atoms with Gasteiger partial charge in [-0.05, 0) is 24.1 Å². The highest BCUT2D eigenvalue weighted by Crippen LogP contribution is 2.32. The van der Waals surface area contributed by atoms with Gasteiger partial charge in [0.25, 0.3) is 0 Å². The number of urea groups is 1. The Hall–Kier alpha value is -3.08. The Morgan fingerprint density at radius 2 is 1.81 bits per heavy atom. The average Bonchev–Trinajstić information content (AvgIpc) is 2.68. The number of carbonyl (C=O) groups is 2. The molecule has 0 bridgehead atoms. The standard InChI is InChI=1S/C22H24N2O3/c1-3-4-14-27-18-12-10-16(11-13-18)20-19(15(2)23-22(26)24-20)21(25)17-8-6-5-7-9-17/h5-13,19-20H,2-4,14H2,1H3,(H2,23,24,26)/t19-,20-/m1/s1. The lowest BCUT2D eigenvalue weighted by Gasteiger charge is -2.34. The largest absolute Gasteiger partial charge is 0.494 e. The van der Waals surface area contributed by atoms with Crippen LogP contribution in [-0.2, 0) is 0 Å². The molecule has 27 heavy (non-hydrogen) atoms. The van der Waals surface area contributed by atoms with Crippen LogP contribution >= 0.6 is 0 Å². The van der Waals surface area contributed by atoms with Gasteiger partial charge in [0.2, 0.25) is 0 Å². The number of benzene rings is 2. The Kier molecular flexibility index (Phi) is 5.91. The second-order valence-electron chi connectivity index (χ2n) is 6.58. The van der Waals surface area contributed by atoms with Crippen LogP contribution in [0.1, 0.15) is 41.7 Å². The van der Waals surface area contributed by atoms with Crippen molar-refractivity contribution in [2.75, 3.05) is 6.61 Å². The lowest BCUT2D eigenvalue weighted by molar-refractivity contribution is 0.0905. The monoisotopic (exact) mass is 364 g/mol. The summed E-state index contributed by atoms with van der Waals surface area (Å²) in [7, 11) is 0.